The predicted octanol–water partition coefficient (Wildman–Crippen LogP) is 3.30. The molecular weight excluding hydrogens is 198 g/mol. The number of unbranched alkanes of at least 4 members (excludes halogenated alkanes) is 2. The van der Waals surface area contributed by atoms with Crippen LogP contribution in [0.15, 0.2) is 30.3 Å². The number of nitrogens with zero attached hydrogens (tertiary/aromatic N) is 1. The number of benzene rings is 1. The fraction of sp³-hybridized carbons (Fsp3) is 0.462. The zero-order valence-corrected chi connectivity index (χ0v) is 10.7. The molecule has 0 spiro atoms. The van der Waals surface area contributed by atoms with Gasteiger partial charge in [-0.1, -0.05) is 61.1 Å². The minimum absolute atomic E-state index is 0.708. The van der Waals surface area contributed by atoms with Crippen LogP contribution >= 0.6 is 0 Å². The number of nitriles is 1. The van der Waals surface area contributed by atoms with Crippen molar-refractivity contribution in [2.75, 3.05) is 0 Å². The van der Waals surface area contributed by atoms with E-state index in [4.69, 9.17) is 5.26 Å². The summed E-state index contributed by atoms with van der Waals surface area (Å²) in [6.07, 6.45) is 2.96. The molecule has 1 nitrogen and oxygen atoms in total. The normalized spacial score (nSPS) is 11.0. The van der Waals surface area contributed by atoms with Gasteiger partial charge in [-0.3, -0.25) is 0 Å². The van der Waals surface area contributed by atoms with Crippen LogP contribution in [-0.2, 0) is 0 Å². The van der Waals surface area contributed by atoms with E-state index in [9.17, 15) is 0 Å². The highest BCUT2D eigenvalue weighted by Gasteiger charge is 2.21. The molecule has 0 aromatic heterocycles. The summed E-state index contributed by atoms with van der Waals surface area (Å²) in [5.74, 6) is 0. The number of hydrogen-bond donors (Lipinski definition) is 0. The predicted molar refractivity (Wildman–Crippen MR) is 67.8 cm³/mol. The molecule has 0 N–H and O–H groups in total. The Morgan fingerprint density at radius 1 is 1.13 bits per heavy atom. The quantitative estimate of drug-likeness (QED) is 0.548. The second-order valence-electron chi connectivity index (χ2n) is 4.62. The third kappa shape index (κ3) is 3.89. The van der Waals surface area contributed by atoms with E-state index in [1.807, 2.05) is 0 Å². The molecule has 80 valence electrons. The average molecular weight is 217 g/mol. The Labute approximate surface area is 93.8 Å². The van der Waals surface area contributed by atoms with Crippen molar-refractivity contribution in [1.82, 2.24) is 0 Å². The van der Waals surface area contributed by atoms with Crippen LogP contribution in [-0.4, -0.2) is 8.07 Å². The summed E-state index contributed by atoms with van der Waals surface area (Å²) in [4.78, 5) is 0. The molecule has 0 atom stereocenters. The van der Waals surface area contributed by atoms with Crippen molar-refractivity contribution in [3.05, 3.63) is 30.3 Å². The Hall–Kier alpha value is -1.07. The fourth-order valence-electron chi connectivity index (χ4n) is 1.80. The molecule has 2 heteroatoms. The molecule has 1 aromatic rings. The number of hydrogen-bond acceptors (Lipinski definition) is 1. The standard InChI is InChI=1S/C13H19NSi/c1-15(2,12-8-4-7-11-14)13-9-5-3-6-10-13/h3,5-6,9-10H,4,7-8,12H2,1-2H3. The molecule has 0 amide bonds. The Bertz CT molecular complexity index is 324. The highest BCUT2D eigenvalue weighted by atomic mass is 28.3. The van der Waals surface area contributed by atoms with Gasteiger partial charge in [-0.15, -0.1) is 0 Å². The molecule has 0 saturated heterocycles. The monoisotopic (exact) mass is 217 g/mol. The zero-order valence-electron chi connectivity index (χ0n) is 9.66. The van der Waals surface area contributed by atoms with E-state index in [2.05, 4.69) is 49.5 Å². The second-order valence-corrected chi connectivity index (χ2v) is 9.46. The van der Waals surface area contributed by atoms with Crippen LogP contribution in [0.2, 0.25) is 19.1 Å². The first-order valence-corrected chi connectivity index (χ1v) is 8.80. The Balaban J connectivity index is 2.49. The molecule has 0 aliphatic carbocycles. The first-order valence-electron chi connectivity index (χ1n) is 5.59. The van der Waals surface area contributed by atoms with Gasteiger partial charge in [0.1, 0.15) is 0 Å². The molecule has 1 rings (SSSR count). The Morgan fingerprint density at radius 3 is 2.40 bits per heavy atom. The van der Waals surface area contributed by atoms with E-state index >= 15 is 0 Å². The SMILES string of the molecule is C[Si](C)(CCCCC#N)c1ccccc1. The van der Waals surface area contributed by atoms with Crippen LogP contribution in [0.25, 0.3) is 0 Å². The molecule has 0 bridgehead atoms. The molecule has 0 saturated carbocycles. The molecule has 0 unspecified atom stereocenters. The summed E-state index contributed by atoms with van der Waals surface area (Å²) in [5, 5.41) is 10.0. The third-order valence-corrected chi connectivity index (χ3v) is 6.40. The van der Waals surface area contributed by atoms with Gasteiger partial charge < -0.3 is 0 Å². The topological polar surface area (TPSA) is 23.8 Å². The van der Waals surface area contributed by atoms with Crippen molar-refractivity contribution in [3.8, 4) is 6.07 Å². The number of rotatable bonds is 5. The lowest BCUT2D eigenvalue weighted by Gasteiger charge is -2.22. The summed E-state index contributed by atoms with van der Waals surface area (Å²) in [6.45, 7) is 4.82. The van der Waals surface area contributed by atoms with Gasteiger partial charge in [-0.05, 0) is 6.42 Å². The molecule has 0 radical (unpaired) electrons. The maximum absolute atomic E-state index is 8.47. The maximum Gasteiger partial charge on any atom is 0.0806 e. The molecule has 0 aliphatic rings. The lowest BCUT2D eigenvalue weighted by molar-refractivity contribution is 0.811. The Kier molecular flexibility index (Phi) is 4.58. The molecule has 1 aromatic carbocycles. The van der Waals surface area contributed by atoms with Gasteiger partial charge in [-0.25, -0.2) is 0 Å². The minimum Gasteiger partial charge on any atom is -0.198 e. The van der Waals surface area contributed by atoms with Crippen LogP contribution in [0.4, 0.5) is 0 Å². The summed E-state index contributed by atoms with van der Waals surface area (Å²) >= 11 is 0. The second kappa shape index (κ2) is 5.72. The van der Waals surface area contributed by atoms with Crippen molar-refractivity contribution < 1.29 is 0 Å². The van der Waals surface area contributed by atoms with Gasteiger partial charge in [0, 0.05) is 6.42 Å². The van der Waals surface area contributed by atoms with Crippen LogP contribution in [0.3, 0.4) is 0 Å². The fourth-order valence-corrected chi connectivity index (χ4v) is 4.32. The minimum atomic E-state index is -1.24. The molecule has 0 heterocycles. The highest BCUT2D eigenvalue weighted by Crippen LogP contribution is 2.14. The van der Waals surface area contributed by atoms with Gasteiger partial charge in [0.05, 0.1) is 14.1 Å². The first-order chi connectivity index (χ1) is 7.17. The van der Waals surface area contributed by atoms with Crippen molar-refractivity contribution in [2.45, 2.75) is 38.4 Å². The van der Waals surface area contributed by atoms with Crippen LogP contribution in [0, 0.1) is 11.3 Å². The largest absolute Gasteiger partial charge is 0.198 e. The molecule has 0 aliphatic heterocycles. The average Bonchev–Trinajstić information content (AvgIpc) is 2.26. The lowest BCUT2D eigenvalue weighted by atomic mass is 10.3. The van der Waals surface area contributed by atoms with E-state index in [0.29, 0.717) is 6.42 Å². The molecule has 0 fully saturated rings. The van der Waals surface area contributed by atoms with Gasteiger partial charge in [-0.2, -0.15) is 5.26 Å². The van der Waals surface area contributed by atoms with Gasteiger partial charge >= 0.3 is 0 Å². The van der Waals surface area contributed by atoms with Crippen LogP contribution in [0.5, 0.6) is 0 Å². The summed E-state index contributed by atoms with van der Waals surface area (Å²) < 4.78 is 0. The van der Waals surface area contributed by atoms with Crippen molar-refractivity contribution in [2.24, 2.45) is 0 Å². The van der Waals surface area contributed by atoms with Crippen LogP contribution < -0.4 is 5.19 Å². The van der Waals surface area contributed by atoms with Crippen molar-refractivity contribution >= 4 is 13.3 Å². The van der Waals surface area contributed by atoms with E-state index < -0.39 is 8.07 Å². The van der Waals surface area contributed by atoms with E-state index in [0.717, 1.165) is 6.42 Å². The van der Waals surface area contributed by atoms with Gasteiger partial charge in [0.2, 0.25) is 0 Å². The lowest BCUT2D eigenvalue weighted by Crippen LogP contribution is -2.40. The smallest absolute Gasteiger partial charge is 0.0806 e. The summed E-state index contributed by atoms with van der Waals surface area (Å²) in [5.41, 5.74) is 0. The first kappa shape index (κ1) is 12.0. The Morgan fingerprint density at radius 2 is 1.80 bits per heavy atom. The van der Waals surface area contributed by atoms with E-state index in [-0.39, 0.29) is 0 Å². The maximum atomic E-state index is 8.47. The van der Waals surface area contributed by atoms with E-state index in [1.165, 1.54) is 17.7 Å². The van der Waals surface area contributed by atoms with Crippen LogP contribution in [0.1, 0.15) is 19.3 Å². The summed E-state index contributed by atoms with van der Waals surface area (Å²) in [7, 11) is -1.24. The molecule has 15 heavy (non-hydrogen) atoms. The summed E-state index contributed by atoms with van der Waals surface area (Å²) in [6, 6.07) is 14.3. The van der Waals surface area contributed by atoms with Crippen molar-refractivity contribution in [3.63, 3.8) is 0 Å². The van der Waals surface area contributed by atoms with Crippen molar-refractivity contribution in [1.29, 1.82) is 5.26 Å². The molecular formula is C13H19NSi. The van der Waals surface area contributed by atoms with Gasteiger partial charge in [0.15, 0.2) is 0 Å². The third-order valence-electron chi connectivity index (χ3n) is 2.90. The van der Waals surface area contributed by atoms with Gasteiger partial charge in [0.25, 0.3) is 0 Å². The highest BCUT2D eigenvalue weighted by molar-refractivity contribution is 6.89. The van der Waals surface area contributed by atoms with E-state index in [1.54, 1.807) is 0 Å². The zero-order chi connectivity index (χ0) is 11.1.